The van der Waals surface area contributed by atoms with Crippen molar-refractivity contribution in [3.63, 3.8) is 0 Å². The van der Waals surface area contributed by atoms with Crippen molar-refractivity contribution in [2.45, 2.75) is 39.3 Å². The Morgan fingerprint density at radius 1 is 1.19 bits per heavy atom. The van der Waals surface area contributed by atoms with Crippen LogP contribution in [-0.2, 0) is 0 Å². The molecule has 1 fully saturated rings. The van der Waals surface area contributed by atoms with Crippen LogP contribution in [0.4, 0.5) is 0 Å². The lowest BCUT2D eigenvalue weighted by molar-refractivity contribution is -0.0533. The van der Waals surface area contributed by atoms with E-state index in [9.17, 15) is 0 Å². The molecule has 0 aliphatic heterocycles. The summed E-state index contributed by atoms with van der Waals surface area (Å²) in [5, 5.41) is 6.45. The van der Waals surface area contributed by atoms with E-state index in [-0.39, 0.29) is 11.5 Å². The normalized spacial score (nSPS) is 23.8. The van der Waals surface area contributed by atoms with Crippen LogP contribution >= 0.6 is 11.6 Å². The highest BCUT2D eigenvalue weighted by molar-refractivity contribution is 6.35. The van der Waals surface area contributed by atoms with Crippen LogP contribution in [0, 0.1) is 5.41 Å². The lowest BCUT2D eigenvalue weighted by Crippen LogP contribution is -2.62. The summed E-state index contributed by atoms with van der Waals surface area (Å²) in [7, 11) is 0. The molecule has 3 heteroatoms. The minimum atomic E-state index is 0.150. The van der Waals surface area contributed by atoms with Gasteiger partial charge in [-0.05, 0) is 18.7 Å². The molecule has 0 heterocycles. The van der Waals surface area contributed by atoms with Gasteiger partial charge in [0.25, 0.3) is 0 Å². The van der Waals surface area contributed by atoms with Gasteiger partial charge in [-0.1, -0.05) is 56.6 Å². The van der Waals surface area contributed by atoms with Crippen molar-refractivity contribution in [2.24, 2.45) is 5.41 Å². The van der Waals surface area contributed by atoms with Gasteiger partial charge in [-0.25, -0.2) is 0 Å². The molecule has 21 heavy (non-hydrogen) atoms. The summed E-state index contributed by atoms with van der Waals surface area (Å²) < 4.78 is 6.31. The molecular formula is C18H22ClNO. The summed E-state index contributed by atoms with van der Waals surface area (Å²) >= 11 is 6.27. The van der Waals surface area contributed by atoms with Crippen molar-refractivity contribution in [1.29, 1.82) is 0 Å². The van der Waals surface area contributed by atoms with Crippen LogP contribution < -0.4 is 10.1 Å². The van der Waals surface area contributed by atoms with Gasteiger partial charge in [0.1, 0.15) is 11.9 Å². The van der Waals surface area contributed by atoms with Crippen molar-refractivity contribution in [3.05, 3.63) is 41.4 Å². The summed E-state index contributed by atoms with van der Waals surface area (Å²) in [5.41, 5.74) is 0.150. The molecule has 112 valence electrons. The first-order valence-electron chi connectivity index (χ1n) is 7.61. The number of benzene rings is 2. The predicted molar refractivity (Wildman–Crippen MR) is 89.2 cm³/mol. The first kappa shape index (κ1) is 14.7. The molecule has 1 aliphatic rings. The maximum Gasteiger partial charge on any atom is 0.127 e. The zero-order valence-corrected chi connectivity index (χ0v) is 13.6. The Morgan fingerprint density at radius 3 is 2.57 bits per heavy atom. The van der Waals surface area contributed by atoms with Crippen LogP contribution in [0.25, 0.3) is 10.8 Å². The van der Waals surface area contributed by atoms with Crippen molar-refractivity contribution < 1.29 is 4.74 Å². The van der Waals surface area contributed by atoms with E-state index in [2.05, 4.69) is 32.2 Å². The summed E-state index contributed by atoms with van der Waals surface area (Å²) in [6.45, 7) is 7.70. The number of halogens is 1. The standard InChI is InChI=1S/C18H22ClNO/c1-4-20-16-11-17(18(16,2)3)21-15-10-9-14(19)12-7-5-6-8-13(12)15/h5-10,16-17,20H,4,11H2,1-3H3. The summed E-state index contributed by atoms with van der Waals surface area (Å²) in [6, 6.07) is 12.6. The number of ether oxygens (including phenoxy) is 1. The molecule has 1 aliphatic carbocycles. The summed E-state index contributed by atoms with van der Waals surface area (Å²) in [6.07, 6.45) is 1.30. The third kappa shape index (κ3) is 2.51. The van der Waals surface area contributed by atoms with E-state index in [0.717, 1.165) is 34.5 Å². The van der Waals surface area contributed by atoms with E-state index in [1.165, 1.54) is 0 Å². The van der Waals surface area contributed by atoms with Crippen LogP contribution in [0.15, 0.2) is 36.4 Å². The minimum absolute atomic E-state index is 0.150. The minimum Gasteiger partial charge on any atom is -0.489 e. The molecular weight excluding hydrogens is 282 g/mol. The molecule has 0 radical (unpaired) electrons. The Kier molecular flexibility index (Phi) is 3.85. The highest BCUT2D eigenvalue weighted by Gasteiger charge is 2.49. The van der Waals surface area contributed by atoms with Gasteiger partial charge in [0.05, 0.1) is 0 Å². The van der Waals surface area contributed by atoms with E-state index in [1.807, 2.05) is 30.3 Å². The highest BCUT2D eigenvalue weighted by Crippen LogP contribution is 2.44. The van der Waals surface area contributed by atoms with Crippen molar-refractivity contribution in [1.82, 2.24) is 5.32 Å². The van der Waals surface area contributed by atoms with Gasteiger partial charge in [-0.3, -0.25) is 0 Å². The molecule has 2 unspecified atom stereocenters. The first-order valence-corrected chi connectivity index (χ1v) is 7.99. The maximum absolute atomic E-state index is 6.31. The van der Waals surface area contributed by atoms with Crippen LogP contribution in [0.2, 0.25) is 5.02 Å². The van der Waals surface area contributed by atoms with E-state index in [4.69, 9.17) is 16.3 Å². The van der Waals surface area contributed by atoms with Gasteiger partial charge in [0.2, 0.25) is 0 Å². The highest BCUT2D eigenvalue weighted by atomic mass is 35.5. The molecule has 0 spiro atoms. The van der Waals surface area contributed by atoms with Crippen LogP contribution in [-0.4, -0.2) is 18.7 Å². The average Bonchev–Trinajstić information content (AvgIpc) is 2.49. The SMILES string of the molecule is CCNC1CC(Oc2ccc(Cl)c3ccccc23)C1(C)C. The fourth-order valence-electron chi connectivity index (χ4n) is 3.17. The van der Waals surface area contributed by atoms with E-state index < -0.39 is 0 Å². The smallest absolute Gasteiger partial charge is 0.127 e. The van der Waals surface area contributed by atoms with Crippen molar-refractivity contribution in [2.75, 3.05) is 6.54 Å². The van der Waals surface area contributed by atoms with Crippen molar-refractivity contribution >= 4 is 22.4 Å². The quantitative estimate of drug-likeness (QED) is 0.888. The van der Waals surface area contributed by atoms with Crippen LogP contribution in [0.1, 0.15) is 27.2 Å². The average molecular weight is 304 g/mol. The molecule has 2 atom stereocenters. The van der Waals surface area contributed by atoms with E-state index in [0.29, 0.717) is 6.04 Å². The molecule has 0 aromatic heterocycles. The molecule has 2 aromatic carbocycles. The summed E-state index contributed by atoms with van der Waals surface area (Å²) in [5.74, 6) is 0.933. The Balaban J connectivity index is 1.85. The topological polar surface area (TPSA) is 21.3 Å². The third-order valence-electron chi connectivity index (χ3n) is 4.73. The summed E-state index contributed by atoms with van der Waals surface area (Å²) in [4.78, 5) is 0. The van der Waals surface area contributed by atoms with Crippen molar-refractivity contribution in [3.8, 4) is 5.75 Å². The number of hydrogen-bond acceptors (Lipinski definition) is 2. The molecule has 2 nitrogen and oxygen atoms in total. The van der Waals surface area contributed by atoms with Gasteiger partial charge in [-0.2, -0.15) is 0 Å². The molecule has 0 bridgehead atoms. The zero-order chi connectivity index (χ0) is 15.0. The lowest BCUT2D eigenvalue weighted by atomic mass is 9.64. The second-order valence-electron chi connectivity index (χ2n) is 6.36. The van der Waals surface area contributed by atoms with Crippen LogP contribution in [0.3, 0.4) is 0 Å². The largest absolute Gasteiger partial charge is 0.489 e. The third-order valence-corrected chi connectivity index (χ3v) is 5.06. The van der Waals surface area contributed by atoms with Gasteiger partial charge < -0.3 is 10.1 Å². The van der Waals surface area contributed by atoms with Gasteiger partial charge in [0, 0.05) is 33.7 Å². The number of rotatable bonds is 4. The molecule has 2 aromatic rings. The lowest BCUT2D eigenvalue weighted by Gasteiger charge is -2.51. The second kappa shape index (κ2) is 5.51. The molecule has 0 amide bonds. The Labute approximate surface area is 131 Å². The zero-order valence-electron chi connectivity index (χ0n) is 12.8. The molecule has 0 saturated heterocycles. The van der Waals surface area contributed by atoms with Crippen LogP contribution in [0.5, 0.6) is 5.75 Å². The van der Waals surface area contributed by atoms with Gasteiger partial charge in [-0.15, -0.1) is 0 Å². The number of fused-ring (bicyclic) bond motifs is 1. The van der Waals surface area contributed by atoms with E-state index in [1.54, 1.807) is 0 Å². The first-order chi connectivity index (χ1) is 10.0. The predicted octanol–water partition coefficient (Wildman–Crippen LogP) is 4.65. The van der Waals surface area contributed by atoms with Gasteiger partial charge in [0.15, 0.2) is 0 Å². The maximum atomic E-state index is 6.31. The van der Waals surface area contributed by atoms with Gasteiger partial charge >= 0.3 is 0 Å². The Morgan fingerprint density at radius 2 is 1.90 bits per heavy atom. The molecule has 3 rings (SSSR count). The fourth-order valence-corrected chi connectivity index (χ4v) is 3.40. The molecule has 1 N–H and O–H groups in total. The Bertz CT molecular complexity index is 653. The number of hydrogen-bond donors (Lipinski definition) is 1. The Hall–Kier alpha value is -1.25. The number of nitrogens with one attached hydrogen (secondary N) is 1. The van der Waals surface area contributed by atoms with E-state index >= 15 is 0 Å². The fraction of sp³-hybridized carbons (Fsp3) is 0.444. The molecule has 1 saturated carbocycles. The monoisotopic (exact) mass is 303 g/mol. The second-order valence-corrected chi connectivity index (χ2v) is 6.77.